The van der Waals surface area contributed by atoms with Crippen molar-refractivity contribution < 1.29 is 80.8 Å². The van der Waals surface area contributed by atoms with E-state index in [0.29, 0.717) is 32.1 Å². The number of hydrogen-bond acceptors (Lipinski definition) is 3. The molecule has 2 N–H and O–H groups in total. The average Bonchev–Trinajstić information content (AvgIpc) is 3.47. The van der Waals surface area contributed by atoms with E-state index in [1.165, 1.54) is 13.8 Å². The maximum atomic E-state index is 12.9. The van der Waals surface area contributed by atoms with E-state index >= 15 is 0 Å². The van der Waals surface area contributed by atoms with Crippen LogP contribution in [0.1, 0.15) is 128 Å². The van der Waals surface area contributed by atoms with E-state index < -0.39 is 72.2 Å². The van der Waals surface area contributed by atoms with Crippen LogP contribution < -0.4 is 0 Å². The van der Waals surface area contributed by atoms with Gasteiger partial charge in [0.2, 0.25) is 0 Å². The molecule has 18 heteroatoms. The molecule has 2 bridgehead atoms. The Labute approximate surface area is 310 Å². The smallest absolute Gasteiger partial charge is 0.426 e. The number of halogens is 15. The van der Waals surface area contributed by atoms with Crippen LogP contribution in [0.5, 0.6) is 0 Å². The minimum absolute atomic E-state index is 0.0361. The minimum atomic E-state index is -5.70. The van der Waals surface area contributed by atoms with E-state index in [4.69, 9.17) is 14.9 Å². The van der Waals surface area contributed by atoms with Gasteiger partial charge in [0.25, 0.3) is 5.60 Å². The van der Waals surface area contributed by atoms with Crippen molar-refractivity contribution in [1.82, 2.24) is 0 Å². The number of alkyl halides is 15. The lowest BCUT2D eigenvalue weighted by molar-refractivity contribution is -0.372. The fourth-order valence-electron chi connectivity index (χ4n) is 5.95. The van der Waals surface area contributed by atoms with Gasteiger partial charge in [-0.15, -0.1) is 0 Å². The summed E-state index contributed by atoms with van der Waals surface area (Å²) in [7, 11) is 1.65. The largest absolute Gasteiger partial charge is 0.501 e. The summed E-state index contributed by atoms with van der Waals surface area (Å²) in [5.41, 5.74) is -10.6. The molecular formula is C36H61F15O3. The van der Waals surface area contributed by atoms with E-state index in [-0.39, 0.29) is 23.7 Å². The molecule has 328 valence electrons. The van der Waals surface area contributed by atoms with Crippen LogP contribution in [0.15, 0.2) is 12.3 Å². The quantitative estimate of drug-likeness (QED) is 0.189. The Morgan fingerprint density at radius 3 is 1.31 bits per heavy atom. The highest BCUT2D eigenvalue weighted by Crippen LogP contribution is 2.60. The predicted molar refractivity (Wildman–Crippen MR) is 178 cm³/mol. The van der Waals surface area contributed by atoms with Crippen molar-refractivity contribution in [1.29, 1.82) is 0 Å². The molecule has 0 aliphatic heterocycles. The van der Waals surface area contributed by atoms with E-state index in [1.807, 2.05) is 20.8 Å². The van der Waals surface area contributed by atoms with Gasteiger partial charge in [0.1, 0.15) is 0 Å². The SMILES string of the molecule is C=C(OC)C(C)(C)C.CC.CC(C)CC(O)(C(F)(F)F)C(F)(F)F.CC1C2CCC1C(CC(C)(C(F)(F)F)C(F)(F)F)C2.CCCCC(C)(O)C(F)(F)F. The molecular weight excluding hydrogens is 765 g/mol. The van der Waals surface area contributed by atoms with E-state index in [9.17, 15) is 65.9 Å². The second-order valence-electron chi connectivity index (χ2n) is 15.6. The summed E-state index contributed by atoms with van der Waals surface area (Å²) in [6, 6.07) is 0. The molecule has 2 fully saturated rings. The van der Waals surface area contributed by atoms with Crippen LogP contribution in [0.25, 0.3) is 0 Å². The Bertz CT molecular complexity index is 1040. The summed E-state index contributed by atoms with van der Waals surface area (Å²) in [6.45, 7) is 21.1. The number of ether oxygens (including phenoxy) is 1. The first-order valence-corrected chi connectivity index (χ1v) is 17.7. The van der Waals surface area contributed by atoms with Gasteiger partial charge in [-0.25, -0.2) is 0 Å². The summed E-state index contributed by atoms with van der Waals surface area (Å²) in [4.78, 5) is 0. The third-order valence-electron chi connectivity index (χ3n) is 9.77. The van der Waals surface area contributed by atoms with Crippen LogP contribution in [0.2, 0.25) is 0 Å². The van der Waals surface area contributed by atoms with Gasteiger partial charge in [0.15, 0.2) is 11.0 Å². The molecule has 0 heterocycles. The van der Waals surface area contributed by atoms with Crippen LogP contribution in [-0.2, 0) is 4.74 Å². The van der Waals surface area contributed by atoms with Crippen molar-refractivity contribution in [2.75, 3.05) is 7.11 Å². The highest BCUT2D eigenvalue weighted by atomic mass is 19.4. The fourth-order valence-corrected chi connectivity index (χ4v) is 5.95. The zero-order valence-electron chi connectivity index (χ0n) is 33.2. The van der Waals surface area contributed by atoms with Crippen molar-refractivity contribution in [2.24, 2.45) is 40.4 Å². The number of methoxy groups -OCH3 is 1. The molecule has 0 aromatic heterocycles. The standard InChI is InChI=1S/C13H18F6.C7H10F6O.C7H13F3O.C7H14O.C2H6/c1-7-8-3-4-10(7)9(5-8)6-11(2,12(14,15)16)13(17,18)19;1-4(2)3-5(14,6(8,9)10)7(11,12)13;1-3-4-5-6(2,11)7(8,9)10;1-6(8-5)7(2,3)4;1-2/h7-10H,3-6H2,1-2H3;4,14H,3H2,1-2H3;11H,3-5H2,1-2H3;1H2,2-5H3;1-2H3. The number of aliphatic hydroxyl groups is 2. The summed E-state index contributed by atoms with van der Waals surface area (Å²) in [5, 5.41) is 17.5. The molecule has 0 spiro atoms. The summed E-state index contributed by atoms with van der Waals surface area (Å²) in [5.74, 6) is 0.105. The van der Waals surface area contributed by atoms with E-state index in [2.05, 4.69) is 27.4 Å². The zero-order chi connectivity index (χ0) is 44.3. The van der Waals surface area contributed by atoms with E-state index in [0.717, 1.165) is 25.5 Å². The molecule has 5 atom stereocenters. The fraction of sp³-hybridized carbons (Fsp3) is 0.944. The van der Waals surface area contributed by atoms with Crippen molar-refractivity contribution in [3.05, 3.63) is 12.3 Å². The maximum Gasteiger partial charge on any atom is 0.426 e. The molecule has 0 saturated heterocycles. The molecule has 5 unspecified atom stereocenters. The normalized spacial score (nSPS) is 22.0. The Balaban J connectivity index is -0.000000663. The Hall–Kier alpha value is -1.59. The average molecular weight is 827 g/mol. The number of fused-ring (bicyclic) bond motifs is 2. The Morgan fingerprint density at radius 2 is 1.13 bits per heavy atom. The van der Waals surface area contributed by atoms with Crippen LogP contribution >= 0.6 is 0 Å². The highest BCUT2D eigenvalue weighted by molar-refractivity contribution is 5.00. The molecule has 0 aromatic carbocycles. The Kier molecular flexibility index (Phi) is 21.8. The van der Waals surface area contributed by atoms with Gasteiger partial charge in [-0.3, -0.25) is 0 Å². The highest BCUT2D eigenvalue weighted by Gasteiger charge is 2.70. The van der Waals surface area contributed by atoms with Gasteiger partial charge in [-0.2, -0.15) is 65.9 Å². The monoisotopic (exact) mass is 826 g/mol. The molecule has 0 amide bonds. The van der Waals surface area contributed by atoms with Gasteiger partial charge in [-0.1, -0.05) is 81.7 Å². The maximum absolute atomic E-state index is 12.9. The van der Waals surface area contributed by atoms with Crippen LogP contribution in [0.3, 0.4) is 0 Å². The molecule has 3 nitrogen and oxygen atoms in total. The second-order valence-corrected chi connectivity index (χ2v) is 15.6. The number of allylic oxidation sites excluding steroid dienone is 1. The second kappa shape index (κ2) is 20.7. The van der Waals surface area contributed by atoms with Crippen molar-refractivity contribution in [2.45, 2.75) is 170 Å². The van der Waals surface area contributed by atoms with Crippen LogP contribution in [0.4, 0.5) is 65.9 Å². The lowest BCUT2D eigenvalue weighted by atomic mass is 9.73. The lowest BCUT2D eigenvalue weighted by Crippen LogP contribution is -2.57. The molecule has 0 aromatic rings. The van der Waals surface area contributed by atoms with Crippen molar-refractivity contribution in [3.8, 4) is 0 Å². The summed E-state index contributed by atoms with van der Waals surface area (Å²) >= 11 is 0. The first kappa shape index (κ1) is 56.7. The van der Waals surface area contributed by atoms with Gasteiger partial charge >= 0.3 is 30.9 Å². The van der Waals surface area contributed by atoms with Crippen LogP contribution in [-0.4, -0.2) is 59.4 Å². The summed E-state index contributed by atoms with van der Waals surface area (Å²) in [6.07, 6.45) is -25.5. The first-order chi connectivity index (χ1) is 23.7. The predicted octanol–water partition coefficient (Wildman–Crippen LogP) is 13.8. The van der Waals surface area contributed by atoms with Crippen molar-refractivity contribution >= 4 is 0 Å². The zero-order valence-corrected chi connectivity index (χ0v) is 33.2. The molecule has 54 heavy (non-hydrogen) atoms. The number of rotatable bonds is 8. The third kappa shape index (κ3) is 16.1. The van der Waals surface area contributed by atoms with Gasteiger partial charge in [0.05, 0.1) is 12.9 Å². The van der Waals surface area contributed by atoms with Gasteiger partial charge in [-0.05, 0) is 82.0 Å². The van der Waals surface area contributed by atoms with E-state index in [1.54, 1.807) is 14.0 Å². The van der Waals surface area contributed by atoms with Gasteiger partial charge in [0, 0.05) is 5.41 Å². The molecule has 0 radical (unpaired) electrons. The van der Waals surface area contributed by atoms with Gasteiger partial charge < -0.3 is 14.9 Å². The molecule has 2 saturated carbocycles. The van der Waals surface area contributed by atoms with Crippen LogP contribution in [0, 0.1) is 40.4 Å². The third-order valence-corrected chi connectivity index (χ3v) is 9.77. The minimum Gasteiger partial charge on any atom is -0.501 e. The Morgan fingerprint density at radius 1 is 0.722 bits per heavy atom. The molecule has 2 rings (SSSR count). The van der Waals surface area contributed by atoms with Crippen molar-refractivity contribution in [3.63, 3.8) is 0 Å². The summed E-state index contributed by atoms with van der Waals surface area (Å²) < 4.78 is 190. The number of hydrogen-bond donors (Lipinski definition) is 2. The molecule has 2 aliphatic rings. The first-order valence-electron chi connectivity index (χ1n) is 17.7. The lowest BCUT2D eigenvalue weighted by Gasteiger charge is -2.38. The molecule has 2 aliphatic carbocycles. The number of unbranched alkanes of at least 4 members (excludes halogenated alkanes) is 1. The topological polar surface area (TPSA) is 49.7 Å².